The predicted octanol–water partition coefficient (Wildman–Crippen LogP) is 1.59. The van der Waals surface area contributed by atoms with Crippen molar-refractivity contribution in [3.63, 3.8) is 0 Å². The SMILES string of the molecule is CC(C(N)C(=O)O)C1(C)N=N1.CC(C)CC(N)C(=O)O.CC1(CC(N)C(=O)O)N=N1.CC1(CCC(N)C(=O)O)N=N1.CCC(C)C(N)C(=O)O.CSCCC(N)C(=O)O. The lowest BCUT2D eigenvalue weighted by molar-refractivity contribution is -0.140. The molecule has 342 valence electrons. The molecule has 0 aromatic rings. The molecular formula is C34H68N12O12S. The maximum atomic E-state index is 10.4. The lowest BCUT2D eigenvalue weighted by atomic mass is 9.92. The molecule has 8 atom stereocenters. The summed E-state index contributed by atoms with van der Waals surface area (Å²) in [5.41, 5.74) is 30.2. The average Bonchev–Trinajstić information content (AvgIpc) is 4.11. The summed E-state index contributed by atoms with van der Waals surface area (Å²) in [6.07, 6.45) is 5.19. The highest BCUT2D eigenvalue weighted by Gasteiger charge is 2.45. The van der Waals surface area contributed by atoms with Crippen LogP contribution in [0, 0.1) is 17.8 Å². The molecule has 0 fully saturated rings. The van der Waals surface area contributed by atoms with Crippen LogP contribution in [0.25, 0.3) is 0 Å². The molecule has 0 aromatic heterocycles. The molecule has 3 heterocycles. The first kappa shape index (κ1) is 59.0. The number of aliphatic carboxylic acids is 6. The van der Waals surface area contributed by atoms with Crippen LogP contribution in [0.4, 0.5) is 0 Å². The van der Waals surface area contributed by atoms with Gasteiger partial charge in [-0.15, -0.1) is 0 Å². The molecule has 0 spiro atoms. The van der Waals surface area contributed by atoms with Gasteiger partial charge in [0.15, 0.2) is 17.0 Å². The molecule has 0 saturated heterocycles. The zero-order valence-corrected chi connectivity index (χ0v) is 36.2. The molecule has 25 heteroatoms. The Balaban J connectivity index is -0.000000640. The van der Waals surface area contributed by atoms with Crippen molar-refractivity contribution in [2.75, 3.05) is 12.0 Å². The Bertz CT molecular complexity index is 1420. The lowest BCUT2D eigenvalue weighted by Crippen LogP contribution is -2.42. The third-order valence-electron chi connectivity index (χ3n) is 8.69. The van der Waals surface area contributed by atoms with Gasteiger partial charge in [-0.2, -0.15) is 42.4 Å². The van der Waals surface area contributed by atoms with Crippen LogP contribution in [0.5, 0.6) is 0 Å². The van der Waals surface area contributed by atoms with Gasteiger partial charge in [-0.3, -0.25) is 28.8 Å². The van der Waals surface area contributed by atoms with Crippen LogP contribution < -0.4 is 34.4 Å². The van der Waals surface area contributed by atoms with Gasteiger partial charge in [0, 0.05) is 12.3 Å². The first-order valence-corrected chi connectivity index (χ1v) is 20.0. The number of thioether (sulfide) groups is 1. The maximum Gasteiger partial charge on any atom is 0.320 e. The second-order valence-electron chi connectivity index (χ2n) is 15.0. The van der Waals surface area contributed by atoms with E-state index < -0.39 is 83.4 Å². The summed E-state index contributed by atoms with van der Waals surface area (Å²) in [6, 6.07) is -4.58. The highest BCUT2D eigenvalue weighted by molar-refractivity contribution is 7.98. The van der Waals surface area contributed by atoms with Crippen LogP contribution in [0.2, 0.25) is 0 Å². The molecule has 0 bridgehead atoms. The second-order valence-corrected chi connectivity index (χ2v) is 15.9. The molecule has 59 heavy (non-hydrogen) atoms. The van der Waals surface area contributed by atoms with Crippen molar-refractivity contribution in [1.29, 1.82) is 0 Å². The smallest absolute Gasteiger partial charge is 0.320 e. The van der Waals surface area contributed by atoms with E-state index in [0.29, 0.717) is 38.0 Å². The Hall–Kier alpha value is -4.27. The van der Waals surface area contributed by atoms with E-state index in [1.807, 2.05) is 40.9 Å². The fourth-order valence-corrected chi connectivity index (χ4v) is 4.19. The Kier molecular flexibility index (Phi) is 28.3. The Morgan fingerprint density at radius 1 is 0.559 bits per heavy atom. The summed E-state index contributed by atoms with van der Waals surface area (Å²) in [7, 11) is 0. The molecule has 0 aliphatic carbocycles. The number of nitrogens with two attached hydrogens (primary N) is 6. The van der Waals surface area contributed by atoms with Gasteiger partial charge in [-0.05, 0) is 70.3 Å². The van der Waals surface area contributed by atoms with E-state index in [-0.39, 0.29) is 17.5 Å². The third-order valence-corrected chi connectivity index (χ3v) is 9.33. The van der Waals surface area contributed by atoms with Crippen LogP contribution in [-0.4, -0.2) is 132 Å². The van der Waals surface area contributed by atoms with Crippen LogP contribution >= 0.6 is 11.8 Å². The van der Waals surface area contributed by atoms with Gasteiger partial charge in [0.05, 0.1) is 0 Å². The molecule has 24 nitrogen and oxygen atoms in total. The molecule has 3 aliphatic rings. The summed E-state index contributed by atoms with van der Waals surface area (Å²) in [5.74, 6) is -4.70. The molecule has 0 aromatic carbocycles. The van der Waals surface area contributed by atoms with E-state index in [9.17, 15) is 28.8 Å². The van der Waals surface area contributed by atoms with E-state index in [0.717, 1.165) is 12.2 Å². The van der Waals surface area contributed by atoms with E-state index in [4.69, 9.17) is 65.0 Å². The molecular weight excluding hydrogens is 801 g/mol. The molecule has 0 saturated carbocycles. The van der Waals surface area contributed by atoms with Crippen molar-refractivity contribution < 1.29 is 59.4 Å². The molecule has 0 amide bonds. The normalized spacial score (nSPS) is 18.9. The lowest BCUT2D eigenvalue weighted by Gasteiger charge is -2.17. The highest BCUT2D eigenvalue weighted by Crippen LogP contribution is 2.36. The number of carbonyl (C=O) groups is 6. The first-order valence-electron chi connectivity index (χ1n) is 18.6. The monoisotopic (exact) mass is 868 g/mol. The van der Waals surface area contributed by atoms with Crippen molar-refractivity contribution in [3.05, 3.63) is 0 Å². The van der Waals surface area contributed by atoms with Gasteiger partial charge in [-0.1, -0.05) is 41.0 Å². The summed E-state index contributed by atoms with van der Waals surface area (Å²) >= 11 is 1.60. The van der Waals surface area contributed by atoms with E-state index in [1.165, 1.54) is 0 Å². The average molecular weight is 869 g/mol. The fraction of sp³-hybridized carbons (Fsp3) is 0.824. The third kappa shape index (κ3) is 29.6. The van der Waals surface area contributed by atoms with Gasteiger partial charge in [0.1, 0.15) is 36.3 Å². The number of hydrogen-bond acceptors (Lipinski definition) is 19. The van der Waals surface area contributed by atoms with Crippen LogP contribution in [0.3, 0.4) is 0 Å². The fourth-order valence-electron chi connectivity index (χ4n) is 3.70. The minimum absolute atomic E-state index is 0.0718. The minimum atomic E-state index is -1.00. The molecule has 3 rings (SSSR count). The van der Waals surface area contributed by atoms with E-state index >= 15 is 0 Å². The van der Waals surface area contributed by atoms with Crippen molar-refractivity contribution in [2.45, 2.75) is 147 Å². The van der Waals surface area contributed by atoms with Crippen LogP contribution in [0.15, 0.2) is 30.7 Å². The Labute approximate surface area is 348 Å². The Morgan fingerprint density at radius 3 is 1.20 bits per heavy atom. The number of carboxylic acids is 6. The van der Waals surface area contributed by atoms with Gasteiger partial charge in [0.2, 0.25) is 0 Å². The quantitative estimate of drug-likeness (QED) is 0.0826. The predicted molar refractivity (Wildman–Crippen MR) is 218 cm³/mol. The maximum absolute atomic E-state index is 10.4. The molecule has 8 unspecified atom stereocenters. The van der Waals surface area contributed by atoms with Gasteiger partial charge >= 0.3 is 35.8 Å². The summed E-state index contributed by atoms with van der Waals surface area (Å²) in [5, 5.41) is 72.5. The summed E-state index contributed by atoms with van der Waals surface area (Å²) < 4.78 is 0. The molecule has 0 radical (unpaired) electrons. The van der Waals surface area contributed by atoms with Crippen molar-refractivity contribution >= 4 is 47.6 Å². The number of rotatable bonds is 20. The number of hydrogen-bond donors (Lipinski definition) is 12. The zero-order chi connectivity index (χ0) is 47.1. The number of nitrogens with zero attached hydrogens (tertiary/aromatic N) is 6. The standard InChI is InChI=1S/2C6H11N3O2.2C6H13NO2.C5H9N3O2.C5H11NO2S/c1-6(8-9-6)3-2-4(7)5(10)11;1-3(4(7)5(10)11)6(2)8-9-6;1-4(2)3-5(7)6(8)9;1-3-4(2)5(7)6(8)9;1-5(7-8-5)2-3(6)4(9)10;1-9-3-2-4(6)5(7)8/h4H,2-3,7H2,1H3,(H,10,11);3-4H,7H2,1-2H3,(H,10,11);2*4-5H,3,7H2,1-2H3,(H,8,9);3H,2,6H2,1H3,(H,9,10);4H,2-3,6H2,1H3,(H,7,8). The summed E-state index contributed by atoms with van der Waals surface area (Å²) in [6.45, 7) is 14.7. The van der Waals surface area contributed by atoms with Crippen molar-refractivity contribution in [1.82, 2.24) is 0 Å². The van der Waals surface area contributed by atoms with Gasteiger partial charge in [-0.25, -0.2) is 0 Å². The zero-order valence-electron chi connectivity index (χ0n) is 35.3. The highest BCUT2D eigenvalue weighted by atomic mass is 32.2. The summed E-state index contributed by atoms with van der Waals surface area (Å²) in [4.78, 5) is 61.2. The second kappa shape index (κ2) is 28.2. The molecule has 3 aliphatic heterocycles. The van der Waals surface area contributed by atoms with Crippen LogP contribution in [0.1, 0.15) is 93.9 Å². The van der Waals surface area contributed by atoms with Crippen molar-refractivity contribution in [3.8, 4) is 0 Å². The largest absolute Gasteiger partial charge is 0.480 e. The minimum Gasteiger partial charge on any atom is -0.480 e. The van der Waals surface area contributed by atoms with Gasteiger partial charge in [0.25, 0.3) is 0 Å². The number of carboxylic acid groups (broad SMARTS) is 6. The molecule has 18 N–H and O–H groups in total. The van der Waals surface area contributed by atoms with E-state index in [1.54, 1.807) is 32.5 Å². The van der Waals surface area contributed by atoms with Gasteiger partial charge < -0.3 is 65.0 Å². The first-order chi connectivity index (χ1) is 26.8. The van der Waals surface area contributed by atoms with Crippen molar-refractivity contribution in [2.24, 2.45) is 82.8 Å². The Morgan fingerprint density at radius 2 is 0.949 bits per heavy atom. The van der Waals surface area contributed by atoms with E-state index in [2.05, 4.69) is 30.7 Å². The topological polar surface area (TPSA) is 454 Å². The van der Waals surface area contributed by atoms with Crippen LogP contribution in [-0.2, 0) is 28.8 Å².